The Morgan fingerprint density at radius 1 is 1.28 bits per heavy atom. The van der Waals surface area contributed by atoms with Crippen LogP contribution in [0, 0.1) is 5.92 Å². The fraction of sp³-hybridized carbons (Fsp3) is 0.667. The number of aliphatic hydroxyl groups excluding tert-OH is 2. The Morgan fingerprint density at radius 2 is 2.03 bits per heavy atom. The van der Waals surface area contributed by atoms with Gasteiger partial charge in [0.25, 0.3) is 0 Å². The van der Waals surface area contributed by atoms with Gasteiger partial charge in [-0.2, -0.15) is 0 Å². The summed E-state index contributed by atoms with van der Waals surface area (Å²) in [4.78, 5) is 34.3. The molecule has 9 heteroatoms. The topological polar surface area (TPSA) is 118 Å². The Hall–Kier alpha value is -2.33. The number of hydrogen-bond acceptors (Lipinski definition) is 7. The van der Waals surface area contributed by atoms with E-state index in [9.17, 15) is 19.8 Å². The number of nitrogens with one attached hydrogen (secondary N) is 2. The van der Waals surface area contributed by atoms with Crippen LogP contribution in [0.2, 0.25) is 0 Å². The van der Waals surface area contributed by atoms with Crippen LogP contribution < -0.4 is 10.6 Å². The van der Waals surface area contributed by atoms with Crippen molar-refractivity contribution in [1.29, 1.82) is 0 Å². The molecule has 0 spiro atoms. The van der Waals surface area contributed by atoms with Gasteiger partial charge in [0.15, 0.2) is 0 Å². The van der Waals surface area contributed by atoms with Gasteiger partial charge < -0.3 is 20.8 Å². The van der Waals surface area contributed by atoms with E-state index < -0.39 is 24.2 Å². The molecular formula is C27H43N5O4. The highest BCUT2D eigenvalue weighted by Gasteiger charge is 2.36. The molecule has 1 aromatic rings. The summed E-state index contributed by atoms with van der Waals surface area (Å²) in [5.41, 5.74) is 1.66. The Balaban J connectivity index is 1.58. The predicted molar refractivity (Wildman–Crippen MR) is 139 cm³/mol. The van der Waals surface area contributed by atoms with Crippen molar-refractivity contribution >= 4 is 11.8 Å². The second-order valence-electron chi connectivity index (χ2n) is 11.5. The zero-order valence-electron chi connectivity index (χ0n) is 22.1. The maximum absolute atomic E-state index is 13.2. The van der Waals surface area contributed by atoms with Crippen molar-refractivity contribution in [2.24, 2.45) is 5.92 Å². The number of aromatic nitrogens is 1. The summed E-state index contributed by atoms with van der Waals surface area (Å²) in [6, 6.07) is 3.21. The highest BCUT2D eigenvalue weighted by molar-refractivity contribution is 5.82. The number of aliphatic hydroxyl groups is 2. The average Bonchev–Trinajstić information content (AvgIpc) is 3.10. The molecule has 200 valence electrons. The summed E-state index contributed by atoms with van der Waals surface area (Å²) in [5.74, 6) is -0.669. The third-order valence-electron chi connectivity index (χ3n) is 6.82. The van der Waals surface area contributed by atoms with Gasteiger partial charge in [-0.15, -0.1) is 0 Å². The molecule has 1 saturated heterocycles. The predicted octanol–water partition coefficient (Wildman–Crippen LogP) is 1.07. The zero-order valence-corrected chi connectivity index (χ0v) is 22.1. The minimum atomic E-state index is -0.760. The van der Waals surface area contributed by atoms with Gasteiger partial charge in [0.05, 0.1) is 18.2 Å². The molecule has 1 aliphatic carbocycles. The second kappa shape index (κ2) is 12.3. The molecular weight excluding hydrogens is 458 g/mol. The van der Waals surface area contributed by atoms with E-state index in [1.165, 1.54) is 0 Å². The molecule has 9 nitrogen and oxygen atoms in total. The van der Waals surface area contributed by atoms with Crippen LogP contribution in [0.4, 0.5) is 0 Å². The molecule has 0 radical (unpaired) electrons. The van der Waals surface area contributed by atoms with Crippen molar-refractivity contribution in [2.75, 3.05) is 26.2 Å². The molecule has 0 bridgehead atoms. The summed E-state index contributed by atoms with van der Waals surface area (Å²) in [6.07, 6.45) is 3.58. The van der Waals surface area contributed by atoms with Gasteiger partial charge in [0.2, 0.25) is 11.8 Å². The summed E-state index contributed by atoms with van der Waals surface area (Å²) >= 11 is 0. The van der Waals surface area contributed by atoms with E-state index >= 15 is 0 Å². The van der Waals surface area contributed by atoms with E-state index in [-0.39, 0.29) is 29.8 Å². The van der Waals surface area contributed by atoms with Gasteiger partial charge in [-0.3, -0.25) is 24.4 Å². The van der Waals surface area contributed by atoms with Crippen LogP contribution in [0.5, 0.6) is 0 Å². The molecule has 2 aliphatic rings. The monoisotopic (exact) mass is 501 g/mol. The number of rotatable bonds is 9. The number of carbonyl (C=O) groups excluding carboxylic acids is 2. The Labute approximate surface area is 215 Å². The lowest BCUT2D eigenvalue weighted by Gasteiger charge is -2.42. The van der Waals surface area contributed by atoms with E-state index in [4.69, 9.17) is 0 Å². The molecule has 1 aliphatic heterocycles. The van der Waals surface area contributed by atoms with Crippen LogP contribution >= 0.6 is 0 Å². The minimum Gasteiger partial charge on any atom is -0.392 e. The SMILES string of the molecule is C=C1CC(O)C(NC(=O)C(C)CC(O)CN2CCN(Cc3cccnc3)CC2C(=O)NC(C)(C)C)C1. The molecule has 2 amide bonds. The molecule has 1 saturated carbocycles. The maximum Gasteiger partial charge on any atom is 0.239 e. The molecule has 4 N–H and O–H groups in total. The average molecular weight is 502 g/mol. The van der Waals surface area contributed by atoms with Crippen molar-refractivity contribution in [3.05, 3.63) is 42.2 Å². The summed E-state index contributed by atoms with van der Waals surface area (Å²) < 4.78 is 0. The van der Waals surface area contributed by atoms with Gasteiger partial charge in [-0.1, -0.05) is 25.1 Å². The van der Waals surface area contributed by atoms with Crippen LogP contribution in [-0.2, 0) is 16.1 Å². The van der Waals surface area contributed by atoms with Crippen molar-refractivity contribution in [1.82, 2.24) is 25.4 Å². The van der Waals surface area contributed by atoms with E-state index in [0.717, 1.165) is 17.7 Å². The summed E-state index contributed by atoms with van der Waals surface area (Å²) in [6.45, 7) is 14.5. The number of carbonyl (C=O) groups is 2. The van der Waals surface area contributed by atoms with Crippen LogP contribution in [0.1, 0.15) is 52.5 Å². The van der Waals surface area contributed by atoms with Crippen LogP contribution in [0.3, 0.4) is 0 Å². The number of amides is 2. The Morgan fingerprint density at radius 3 is 2.64 bits per heavy atom. The smallest absolute Gasteiger partial charge is 0.239 e. The van der Waals surface area contributed by atoms with Gasteiger partial charge in [-0.05, 0) is 51.7 Å². The lowest BCUT2D eigenvalue weighted by atomic mass is 10.00. The number of piperazine rings is 1. The zero-order chi connectivity index (χ0) is 26.5. The quantitative estimate of drug-likeness (QED) is 0.374. The second-order valence-corrected chi connectivity index (χ2v) is 11.5. The third-order valence-corrected chi connectivity index (χ3v) is 6.82. The van der Waals surface area contributed by atoms with E-state index in [0.29, 0.717) is 39.0 Å². The van der Waals surface area contributed by atoms with E-state index in [1.807, 2.05) is 44.0 Å². The molecule has 36 heavy (non-hydrogen) atoms. The Kier molecular flexibility index (Phi) is 9.63. The highest BCUT2D eigenvalue weighted by atomic mass is 16.3. The normalized spacial score (nSPS) is 25.4. The molecule has 5 unspecified atom stereocenters. The van der Waals surface area contributed by atoms with Crippen molar-refractivity contribution in [3.8, 4) is 0 Å². The van der Waals surface area contributed by atoms with Gasteiger partial charge in [0.1, 0.15) is 6.04 Å². The van der Waals surface area contributed by atoms with Gasteiger partial charge in [-0.25, -0.2) is 0 Å². The summed E-state index contributed by atoms with van der Waals surface area (Å²) in [5, 5.41) is 26.9. The fourth-order valence-electron chi connectivity index (χ4n) is 4.99. The van der Waals surface area contributed by atoms with E-state index in [2.05, 4.69) is 27.1 Å². The third kappa shape index (κ3) is 8.37. The first-order chi connectivity index (χ1) is 16.9. The van der Waals surface area contributed by atoms with Crippen LogP contribution in [0.25, 0.3) is 0 Å². The largest absolute Gasteiger partial charge is 0.392 e. The number of hydrogen-bond donors (Lipinski definition) is 4. The van der Waals surface area contributed by atoms with Crippen molar-refractivity contribution < 1.29 is 19.8 Å². The van der Waals surface area contributed by atoms with Gasteiger partial charge in [0, 0.05) is 56.6 Å². The number of pyridine rings is 1. The molecule has 2 fully saturated rings. The molecule has 1 aromatic heterocycles. The van der Waals surface area contributed by atoms with Crippen LogP contribution in [-0.4, -0.2) is 92.8 Å². The Bertz CT molecular complexity index is 903. The number of nitrogens with zero attached hydrogens (tertiary/aromatic N) is 3. The van der Waals surface area contributed by atoms with Crippen LogP contribution in [0.15, 0.2) is 36.7 Å². The number of β-amino-alcohol motifs (C(OH)–C–C–N with tert-alkyl or cyclic N) is 1. The van der Waals surface area contributed by atoms with E-state index in [1.54, 1.807) is 13.1 Å². The highest BCUT2D eigenvalue weighted by Crippen LogP contribution is 2.24. The van der Waals surface area contributed by atoms with Gasteiger partial charge >= 0.3 is 0 Å². The first-order valence-electron chi connectivity index (χ1n) is 12.9. The first kappa shape index (κ1) is 28.2. The minimum absolute atomic E-state index is 0.0631. The summed E-state index contributed by atoms with van der Waals surface area (Å²) in [7, 11) is 0. The molecule has 0 aromatic carbocycles. The lowest BCUT2D eigenvalue weighted by molar-refractivity contribution is -0.132. The molecule has 5 atom stereocenters. The standard InChI is InChI=1S/C27H43N5O4/c1-18-11-22(24(34)12-18)29-25(35)19(2)13-21(33)16-32-10-9-31(15-20-7-6-8-28-14-20)17-23(32)26(36)30-27(3,4)5/h6-8,14,19,21-24,33-34H,1,9-13,15-17H2,2-5H3,(H,29,35)(H,30,36). The fourth-order valence-corrected chi connectivity index (χ4v) is 4.99. The maximum atomic E-state index is 13.2. The molecule has 2 heterocycles. The molecule has 3 rings (SSSR count). The van der Waals surface area contributed by atoms with Crippen molar-refractivity contribution in [2.45, 2.75) is 83.3 Å². The lowest BCUT2D eigenvalue weighted by Crippen LogP contribution is -2.61. The first-order valence-corrected chi connectivity index (χ1v) is 12.9. The van der Waals surface area contributed by atoms with Crippen molar-refractivity contribution in [3.63, 3.8) is 0 Å².